The predicted octanol–water partition coefficient (Wildman–Crippen LogP) is 1.52. The molecule has 6 nitrogen and oxygen atoms in total. The first kappa shape index (κ1) is 14.3. The number of nitrogens with zero attached hydrogens (tertiary/aromatic N) is 4. The van der Waals surface area contributed by atoms with Crippen molar-refractivity contribution >= 4 is 5.91 Å². The summed E-state index contributed by atoms with van der Waals surface area (Å²) in [5.41, 5.74) is 0. The van der Waals surface area contributed by atoms with Gasteiger partial charge in [-0.15, -0.1) is 0 Å². The maximum Gasteiger partial charge on any atom is 0.243 e. The number of nitrogens with one attached hydrogen (secondary N) is 1. The Morgan fingerprint density at radius 1 is 1.35 bits per heavy atom. The van der Waals surface area contributed by atoms with Gasteiger partial charge in [0, 0.05) is 19.4 Å². The number of aromatic nitrogens is 4. The summed E-state index contributed by atoms with van der Waals surface area (Å²) in [7, 11) is 1.81. The summed E-state index contributed by atoms with van der Waals surface area (Å²) in [6, 6.07) is 3.68. The van der Waals surface area contributed by atoms with Crippen molar-refractivity contribution in [2.75, 3.05) is 0 Å². The van der Waals surface area contributed by atoms with E-state index in [4.69, 9.17) is 0 Å². The van der Waals surface area contributed by atoms with Crippen LogP contribution in [0.1, 0.15) is 32.1 Å². The topological polar surface area (TPSA) is 64.7 Å². The molecular weight excluding hydrogens is 254 g/mol. The van der Waals surface area contributed by atoms with Gasteiger partial charge in [0.1, 0.15) is 12.4 Å². The minimum atomic E-state index is -0.186. The zero-order valence-corrected chi connectivity index (χ0v) is 12.2. The molecule has 0 radical (unpaired) electrons. The molecule has 0 spiro atoms. The normalized spacial score (nSPS) is 12.6. The predicted molar refractivity (Wildman–Crippen MR) is 75.8 cm³/mol. The first-order valence-corrected chi connectivity index (χ1v) is 6.81. The number of carbonyl (C=O) groups excluding carboxylic acids is 1. The molecule has 6 heteroatoms. The second kappa shape index (κ2) is 6.36. The first-order chi connectivity index (χ1) is 9.56. The Labute approximate surface area is 118 Å². The van der Waals surface area contributed by atoms with Crippen LogP contribution in [0.25, 0.3) is 0 Å². The Morgan fingerprint density at radius 2 is 2.05 bits per heavy atom. The number of hydrogen-bond acceptors (Lipinski definition) is 3. The molecule has 1 unspecified atom stereocenters. The summed E-state index contributed by atoms with van der Waals surface area (Å²) in [5.74, 6) is 1.07. The standard InChI is InChI=1S/C14H21N5O/c1-11(2)8-12(19-6-4-5-7-19)14(20)15-9-13-16-10-18(3)17-13/h4-7,10-12H,8-9H2,1-3H3,(H,15,20). The number of hydrogen-bond donors (Lipinski definition) is 1. The molecular formula is C14H21N5O. The molecule has 2 rings (SSSR count). The van der Waals surface area contributed by atoms with E-state index in [1.807, 2.05) is 29.1 Å². The van der Waals surface area contributed by atoms with Crippen LogP contribution in [0.4, 0.5) is 0 Å². The van der Waals surface area contributed by atoms with Crippen LogP contribution in [0.15, 0.2) is 30.9 Å². The summed E-state index contributed by atoms with van der Waals surface area (Å²) < 4.78 is 3.57. The van der Waals surface area contributed by atoms with Crippen molar-refractivity contribution in [2.45, 2.75) is 32.9 Å². The minimum Gasteiger partial charge on any atom is -0.347 e. The summed E-state index contributed by atoms with van der Waals surface area (Å²) >= 11 is 0. The van der Waals surface area contributed by atoms with E-state index in [-0.39, 0.29) is 11.9 Å². The molecule has 1 amide bonds. The summed E-state index contributed by atoms with van der Waals surface area (Å²) in [5, 5.41) is 7.06. The molecule has 0 aliphatic carbocycles. The smallest absolute Gasteiger partial charge is 0.243 e. The monoisotopic (exact) mass is 275 g/mol. The van der Waals surface area contributed by atoms with Gasteiger partial charge in [-0.2, -0.15) is 5.10 Å². The van der Waals surface area contributed by atoms with Gasteiger partial charge < -0.3 is 9.88 Å². The Bertz CT molecular complexity index is 544. The highest BCUT2D eigenvalue weighted by molar-refractivity contribution is 5.80. The molecule has 0 saturated heterocycles. The van der Waals surface area contributed by atoms with Crippen LogP contribution in [0.3, 0.4) is 0 Å². The quantitative estimate of drug-likeness (QED) is 0.869. The van der Waals surface area contributed by atoms with Gasteiger partial charge in [0.2, 0.25) is 5.91 Å². The molecule has 2 heterocycles. The fourth-order valence-corrected chi connectivity index (χ4v) is 2.12. The lowest BCUT2D eigenvalue weighted by molar-refractivity contribution is -0.125. The van der Waals surface area contributed by atoms with Gasteiger partial charge in [0.25, 0.3) is 0 Å². The van der Waals surface area contributed by atoms with E-state index in [9.17, 15) is 4.79 Å². The summed E-state index contributed by atoms with van der Waals surface area (Å²) in [4.78, 5) is 16.5. The van der Waals surface area contributed by atoms with Crippen LogP contribution < -0.4 is 5.32 Å². The summed E-state index contributed by atoms with van der Waals surface area (Å²) in [6.07, 6.45) is 6.27. The van der Waals surface area contributed by atoms with Crippen molar-refractivity contribution < 1.29 is 4.79 Å². The highest BCUT2D eigenvalue weighted by Gasteiger charge is 2.20. The molecule has 2 aromatic rings. The molecule has 0 aliphatic heterocycles. The fraction of sp³-hybridized carbons (Fsp3) is 0.500. The fourth-order valence-electron chi connectivity index (χ4n) is 2.12. The Morgan fingerprint density at radius 3 is 2.60 bits per heavy atom. The van der Waals surface area contributed by atoms with E-state index in [0.29, 0.717) is 18.3 Å². The molecule has 0 aromatic carbocycles. The van der Waals surface area contributed by atoms with Crippen LogP contribution in [0.2, 0.25) is 0 Å². The van der Waals surface area contributed by atoms with Crippen molar-refractivity contribution in [3.8, 4) is 0 Å². The van der Waals surface area contributed by atoms with E-state index >= 15 is 0 Å². The lowest BCUT2D eigenvalue weighted by Gasteiger charge is -2.20. The average molecular weight is 275 g/mol. The van der Waals surface area contributed by atoms with Gasteiger partial charge >= 0.3 is 0 Å². The number of carbonyl (C=O) groups is 1. The SMILES string of the molecule is CC(C)CC(C(=O)NCc1ncn(C)n1)n1cccc1. The molecule has 20 heavy (non-hydrogen) atoms. The van der Waals surface area contributed by atoms with E-state index < -0.39 is 0 Å². The highest BCUT2D eigenvalue weighted by atomic mass is 16.2. The van der Waals surface area contributed by atoms with Gasteiger partial charge in [-0.1, -0.05) is 13.8 Å². The lowest BCUT2D eigenvalue weighted by Crippen LogP contribution is -2.33. The molecule has 1 N–H and O–H groups in total. The van der Waals surface area contributed by atoms with Gasteiger partial charge in [0.15, 0.2) is 5.82 Å². The minimum absolute atomic E-state index is 0.00218. The van der Waals surface area contributed by atoms with E-state index in [1.54, 1.807) is 18.1 Å². The van der Waals surface area contributed by atoms with Gasteiger partial charge in [-0.25, -0.2) is 4.98 Å². The van der Waals surface area contributed by atoms with Crippen molar-refractivity contribution in [2.24, 2.45) is 13.0 Å². The molecule has 0 bridgehead atoms. The van der Waals surface area contributed by atoms with Crippen LogP contribution in [0.5, 0.6) is 0 Å². The maximum atomic E-state index is 12.4. The largest absolute Gasteiger partial charge is 0.347 e. The van der Waals surface area contributed by atoms with Crippen LogP contribution in [-0.2, 0) is 18.4 Å². The van der Waals surface area contributed by atoms with Crippen molar-refractivity contribution in [3.63, 3.8) is 0 Å². The second-order valence-electron chi connectivity index (χ2n) is 5.33. The van der Waals surface area contributed by atoms with Crippen molar-refractivity contribution in [3.05, 3.63) is 36.7 Å². The van der Waals surface area contributed by atoms with E-state index in [1.165, 1.54) is 0 Å². The molecule has 0 aliphatic rings. The van der Waals surface area contributed by atoms with Crippen molar-refractivity contribution in [1.82, 2.24) is 24.6 Å². The van der Waals surface area contributed by atoms with E-state index in [2.05, 4.69) is 29.2 Å². The zero-order valence-electron chi connectivity index (χ0n) is 12.2. The third-order valence-corrected chi connectivity index (χ3v) is 3.05. The van der Waals surface area contributed by atoms with Gasteiger partial charge in [0.05, 0.1) is 6.54 Å². The maximum absolute atomic E-state index is 12.4. The zero-order chi connectivity index (χ0) is 14.5. The lowest BCUT2D eigenvalue weighted by atomic mass is 10.0. The van der Waals surface area contributed by atoms with Gasteiger partial charge in [-0.3, -0.25) is 9.48 Å². The summed E-state index contributed by atoms with van der Waals surface area (Å²) in [6.45, 7) is 4.59. The Balaban J connectivity index is 1.99. The molecule has 0 fully saturated rings. The number of amides is 1. The average Bonchev–Trinajstić information content (AvgIpc) is 3.04. The van der Waals surface area contributed by atoms with Crippen LogP contribution in [-0.4, -0.2) is 25.2 Å². The first-order valence-electron chi connectivity index (χ1n) is 6.81. The van der Waals surface area contributed by atoms with Gasteiger partial charge in [-0.05, 0) is 24.5 Å². The Hall–Kier alpha value is -2.11. The van der Waals surface area contributed by atoms with Crippen LogP contribution >= 0.6 is 0 Å². The van der Waals surface area contributed by atoms with E-state index in [0.717, 1.165) is 6.42 Å². The molecule has 108 valence electrons. The third-order valence-electron chi connectivity index (χ3n) is 3.05. The third kappa shape index (κ3) is 3.69. The second-order valence-corrected chi connectivity index (χ2v) is 5.33. The van der Waals surface area contributed by atoms with Crippen LogP contribution in [0, 0.1) is 5.92 Å². The molecule has 0 saturated carbocycles. The number of rotatable bonds is 6. The highest BCUT2D eigenvalue weighted by Crippen LogP contribution is 2.18. The van der Waals surface area contributed by atoms with Crippen molar-refractivity contribution in [1.29, 1.82) is 0 Å². The number of aryl methyl sites for hydroxylation is 1. The molecule has 1 atom stereocenters. The molecule has 2 aromatic heterocycles. The Kier molecular flexibility index (Phi) is 4.55.